The van der Waals surface area contributed by atoms with Gasteiger partial charge in [0.05, 0.1) is 0 Å². The van der Waals surface area contributed by atoms with E-state index in [0.29, 0.717) is 5.41 Å². The largest absolute Gasteiger partial charge is 0.0648 e. The van der Waals surface area contributed by atoms with Crippen LogP contribution in [0.3, 0.4) is 0 Å². The standard InChI is InChI=1S/C13H26/c1-6-13(7-2)11(5)8-9-12(13)10(3)4/h10-12H,6-9H2,1-5H3. The second-order valence-electron chi connectivity index (χ2n) is 5.27. The highest BCUT2D eigenvalue weighted by atomic mass is 14.5. The molecule has 0 nitrogen and oxygen atoms in total. The summed E-state index contributed by atoms with van der Waals surface area (Å²) < 4.78 is 0. The maximum absolute atomic E-state index is 2.47. The Bertz CT molecular complexity index is 153. The average molecular weight is 182 g/mol. The quantitative estimate of drug-likeness (QED) is 0.603. The molecule has 1 aliphatic carbocycles. The van der Waals surface area contributed by atoms with Crippen molar-refractivity contribution in [3.63, 3.8) is 0 Å². The van der Waals surface area contributed by atoms with Crippen molar-refractivity contribution in [3.8, 4) is 0 Å². The highest BCUT2D eigenvalue weighted by Gasteiger charge is 2.45. The van der Waals surface area contributed by atoms with Gasteiger partial charge in [0.2, 0.25) is 0 Å². The van der Waals surface area contributed by atoms with Crippen molar-refractivity contribution in [2.24, 2.45) is 23.2 Å². The fourth-order valence-corrected chi connectivity index (χ4v) is 3.84. The zero-order valence-corrected chi connectivity index (χ0v) is 10.1. The lowest BCUT2D eigenvalue weighted by Gasteiger charge is -2.40. The van der Waals surface area contributed by atoms with Crippen molar-refractivity contribution in [3.05, 3.63) is 0 Å². The third-order valence-electron chi connectivity index (χ3n) is 4.75. The molecular formula is C13H26. The van der Waals surface area contributed by atoms with Gasteiger partial charge in [-0.25, -0.2) is 0 Å². The minimum absolute atomic E-state index is 0.675. The summed E-state index contributed by atoms with van der Waals surface area (Å²) in [6.45, 7) is 12.1. The van der Waals surface area contributed by atoms with Gasteiger partial charge in [-0.3, -0.25) is 0 Å². The maximum Gasteiger partial charge on any atom is -0.0246 e. The van der Waals surface area contributed by atoms with Crippen LogP contribution in [0.25, 0.3) is 0 Å². The first-order valence-corrected chi connectivity index (χ1v) is 6.08. The molecule has 1 saturated carbocycles. The van der Waals surface area contributed by atoms with E-state index in [-0.39, 0.29) is 0 Å². The topological polar surface area (TPSA) is 0 Å². The normalized spacial score (nSPS) is 32.8. The van der Waals surface area contributed by atoms with Gasteiger partial charge >= 0.3 is 0 Å². The Morgan fingerprint density at radius 2 is 1.69 bits per heavy atom. The van der Waals surface area contributed by atoms with Crippen LogP contribution in [0, 0.1) is 23.2 Å². The van der Waals surface area contributed by atoms with Crippen LogP contribution < -0.4 is 0 Å². The second-order valence-corrected chi connectivity index (χ2v) is 5.27. The summed E-state index contributed by atoms with van der Waals surface area (Å²) in [6.07, 6.45) is 5.70. The summed E-state index contributed by atoms with van der Waals surface area (Å²) in [5.74, 6) is 2.82. The van der Waals surface area contributed by atoms with E-state index in [1.54, 1.807) is 0 Å². The van der Waals surface area contributed by atoms with Crippen molar-refractivity contribution in [1.82, 2.24) is 0 Å². The van der Waals surface area contributed by atoms with Crippen molar-refractivity contribution < 1.29 is 0 Å². The van der Waals surface area contributed by atoms with Gasteiger partial charge in [-0.15, -0.1) is 0 Å². The predicted molar refractivity (Wildman–Crippen MR) is 59.7 cm³/mol. The molecule has 0 bridgehead atoms. The highest BCUT2D eigenvalue weighted by Crippen LogP contribution is 2.54. The summed E-state index contributed by atoms with van der Waals surface area (Å²) >= 11 is 0. The Kier molecular flexibility index (Phi) is 3.43. The molecule has 1 rings (SSSR count). The van der Waals surface area contributed by atoms with Gasteiger partial charge in [0.15, 0.2) is 0 Å². The van der Waals surface area contributed by atoms with Gasteiger partial charge in [-0.1, -0.05) is 34.6 Å². The molecule has 0 radical (unpaired) electrons. The molecule has 78 valence electrons. The first-order valence-electron chi connectivity index (χ1n) is 6.08. The molecule has 0 heteroatoms. The summed E-state index contributed by atoms with van der Waals surface area (Å²) in [6, 6.07) is 0. The molecule has 13 heavy (non-hydrogen) atoms. The zero-order valence-electron chi connectivity index (χ0n) is 10.1. The Hall–Kier alpha value is 0. The molecule has 0 spiro atoms. The van der Waals surface area contributed by atoms with Gasteiger partial charge < -0.3 is 0 Å². The third-order valence-corrected chi connectivity index (χ3v) is 4.75. The molecule has 0 saturated heterocycles. The van der Waals surface area contributed by atoms with Crippen LogP contribution in [0.1, 0.15) is 60.3 Å². The van der Waals surface area contributed by atoms with Crippen LogP contribution in [0.15, 0.2) is 0 Å². The van der Waals surface area contributed by atoms with Gasteiger partial charge in [-0.2, -0.15) is 0 Å². The van der Waals surface area contributed by atoms with Crippen LogP contribution in [0.2, 0.25) is 0 Å². The Labute approximate surface area is 84.1 Å². The van der Waals surface area contributed by atoms with Gasteiger partial charge in [-0.05, 0) is 48.9 Å². The third kappa shape index (κ3) is 1.65. The predicted octanol–water partition coefficient (Wildman–Crippen LogP) is 4.49. The maximum atomic E-state index is 2.47. The average Bonchev–Trinajstić information content (AvgIpc) is 2.43. The highest BCUT2D eigenvalue weighted by molar-refractivity contribution is 4.95. The lowest BCUT2D eigenvalue weighted by atomic mass is 9.65. The van der Waals surface area contributed by atoms with E-state index in [4.69, 9.17) is 0 Å². The molecule has 0 heterocycles. The fraction of sp³-hybridized carbons (Fsp3) is 1.00. The fourth-order valence-electron chi connectivity index (χ4n) is 3.84. The smallest absolute Gasteiger partial charge is 0.0246 e. The molecular weight excluding hydrogens is 156 g/mol. The van der Waals surface area contributed by atoms with Crippen LogP contribution in [-0.4, -0.2) is 0 Å². The van der Waals surface area contributed by atoms with Gasteiger partial charge in [0, 0.05) is 0 Å². The number of hydrogen-bond donors (Lipinski definition) is 0. The Morgan fingerprint density at radius 3 is 2.00 bits per heavy atom. The van der Waals surface area contributed by atoms with E-state index >= 15 is 0 Å². The van der Waals surface area contributed by atoms with Crippen molar-refractivity contribution >= 4 is 0 Å². The second kappa shape index (κ2) is 4.02. The van der Waals surface area contributed by atoms with Crippen LogP contribution >= 0.6 is 0 Å². The lowest BCUT2D eigenvalue weighted by molar-refractivity contribution is 0.0940. The summed E-state index contributed by atoms with van der Waals surface area (Å²) in [4.78, 5) is 0. The van der Waals surface area contributed by atoms with Crippen LogP contribution in [0.4, 0.5) is 0 Å². The van der Waals surface area contributed by atoms with E-state index in [0.717, 1.165) is 17.8 Å². The molecule has 0 aliphatic heterocycles. The minimum Gasteiger partial charge on any atom is -0.0648 e. The molecule has 0 aromatic carbocycles. The first-order chi connectivity index (χ1) is 6.08. The monoisotopic (exact) mass is 182 g/mol. The summed E-state index contributed by atoms with van der Waals surface area (Å²) in [5.41, 5.74) is 0.675. The number of rotatable bonds is 3. The molecule has 0 aromatic heterocycles. The molecule has 1 aliphatic rings. The molecule has 2 unspecified atom stereocenters. The van der Waals surface area contributed by atoms with E-state index in [1.165, 1.54) is 25.7 Å². The lowest BCUT2D eigenvalue weighted by Crippen LogP contribution is -2.32. The van der Waals surface area contributed by atoms with E-state index in [9.17, 15) is 0 Å². The van der Waals surface area contributed by atoms with Gasteiger partial charge in [0.1, 0.15) is 0 Å². The summed E-state index contributed by atoms with van der Waals surface area (Å²) in [5, 5.41) is 0. The first kappa shape index (κ1) is 11.1. The molecule has 0 aromatic rings. The van der Waals surface area contributed by atoms with E-state index < -0.39 is 0 Å². The Morgan fingerprint density at radius 1 is 1.15 bits per heavy atom. The molecule has 2 atom stereocenters. The van der Waals surface area contributed by atoms with E-state index in [1.807, 2.05) is 0 Å². The van der Waals surface area contributed by atoms with Crippen molar-refractivity contribution in [1.29, 1.82) is 0 Å². The Balaban J connectivity index is 2.85. The minimum atomic E-state index is 0.675. The van der Waals surface area contributed by atoms with Gasteiger partial charge in [0.25, 0.3) is 0 Å². The molecule has 0 amide bonds. The molecule has 0 N–H and O–H groups in total. The SMILES string of the molecule is CCC1(CC)C(C)CCC1C(C)C. The molecule has 1 fully saturated rings. The zero-order chi connectivity index (χ0) is 10.1. The van der Waals surface area contributed by atoms with Crippen molar-refractivity contribution in [2.45, 2.75) is 60.3 Å². The van der Waals surface area contributed by atoms with E-state index in [2.05, 4.69) is 34.6 Å². The number of hydrogen-bond acceptors (Lipinski definition) is 0. The van der Waals surface area contributed by atoms with Crippen molar-refractivity contribution in [2.75, 3.05) is 0 Å². The summed E-state index contributed by atoms with van der Waals surface area (Å²) in [7, 11) is 0. The van der Waals surface area contributed by atoms with Crippen LogP contribution in [0.5, 0.6) is 0 Å². The van der Waals surface area contributed by atoms with Crippen LogP contribution in [-0.2, 0) is 0 Å².